The summed E-state index contributed by atoms with van der Waals surface area (Å²) in [6.07, 6.45) is 2.78. The van der Waals surface area contributed by atoms with Gasteiger partial charge in [-0.3, -0.25) is 14.5 Å². The number of rotatable bonds is 15. The number of unbranched alkanes of at least 4 members (excludes halogenated alkanes) is 1. The number of benzene rings is 1. The summed E-state index contributed by atoms with van der Waals surface area (Å²) >= 11 is 3.21. The lowest BCUT2D eigenvalue weighted by Gasteiger charge is -2.40. The van der Waals surface area contributed by atoms with Gasteiger partial charge in [0.1, 0.15) is 0 Å². The lowest BCUT2D eigenvalue weighted by atomic mass is 10.0. The molecule has 40 heavy (non-hydrogen) atoms. The number of nitrogens with zero attached hydrogens (tertiary/aromatic N) is 1. The average Bonchev–Trinajstić information content (AvgIpc) is 3.74. The maximum absolute atomic E-state index is 13.6. The van der Waals surface area contributed by atoms with Crippen LogP contribution in [-0.2, 0) is 27.4 Å². The second-order valence-electron chi connectivity index (χ2n) is 9.43. The highest BCUT2D eigenvalue weighted by Gasteiger charge is 2.39. The number of amides is 2. The number of carbonyl (C=O) groups excluding carboxylic acids is 3. The fourth-order valence-electron chi connectivity index (χ4n) is 4.59. The maximum atomic E-state index is 13.6. The zero-order valence-electron chi connectivity index (χ0n) is 22.7. The van der Waals surface area contributed by atoms with Gasteiger partial charge < -0.3 is 24.8 Å². The molecule has 0 unspecified atom stereocenters. The molecular formula is C29H35N3O6S2. The second-order valence-corrected chi connectivity index (χ2v) is 11.5. The molecule has 2 aromatic heterocycles. The lowest BCUT2D eigenvalue weighted by Crippen LogP contribution is -2.63. The van der Waals surface area contributed by atoms with Gasteiger partial charge in [0, 0.05) is 22.8 Å². The van der Waals surface area contributed by atoms with E-state index in [1.807, 2.05) is 46.8 Å². The van der Waals surface area contributed by atoms with Crippen LogP contribution in [0, 0.1) is 0 Å². The van der Waals surface area contributed by atoms with Crippen LogP contribution in [0.3, 0.4) is 0 Å². The van der Waals surface area contributed by atoms with Crippen LogP contribution in [0.4, 0.5) is 4.79 Å². The Morgan fingerprint density at radius 3 is 2.38 bits per heavy atom. The van der Waals surface area contributed by atoms with Crippen LogP contribution in [0.5, 0.6) is 11.5 Å². The van der Waals surface area contributed by atoms with Crippen molar-refractivity contribution in [2.75, 3.05) is 13.4 Å². The van der Waals surface area contributed by atoms with Crippen molar-refractivity contribution in [2.24, 2.45) is 0 Å². The summed E-state index contributed by atoms with van der Waals surface area (Å²) in [5.41, 5.74) is -0.607. The van der Waals surface area contributed by atoms with E-state index in [4.69, 9.17) is 14.2 Å². The predicted molar refractivity (Wildman–Crippen MR) is 154 cm³/mol. The van der Waals surface area contributed by atoms with E-state index >= 15 is 0 Å². The Morgan fingerprint density at radius 2 is 1.77 bits per heavy atom. The number of hydrogen-bond acceptors (Lipinski definition) is 9. The number of esters is 1. The van der Waals surface area contributed by atoms with Crippen LogP contribution < -0.4 is 20.1 Å². The molecule has 2 atom stereocenters. The smallest absolute Gasteiger partial charge is 0.317 e. The number of urea groups is 1. The first-order valence-corrected chi connectivity index (χ1v) is 15.1. The van der Waals surface area contributed by atoms with Gasteiger partial charge in [-0.1, -0.05) is 31.5 Å². The van der Waals surface area contributed by atoms with Gasteiger partial charge in [0.15, 0.2) is 23.4 Å². The number of nitrogens with one attached hydrogen (secondary N) is 2. The summed E-state index contributed by atoms with van der Waals surface area (Å²) in [7, 11) is 0. The first kappa shape index (κ1) is 29.6. The van der Waals surface area contributed by atoms with Gasteiger partial charge in [-0.15, -0.1) is 22.7 Å². The summed E-state index contributed by atoms with van der Waals surface area (Å²) < 4.78 is 16.1. The van der Waals surface area contributed by atoms with Crippen LogP contribution in [0.2, 0.25) is 0 Å². The van der Waals surface area contributed by atoms with E-state index in [1.54, 1.807) is 47.8 Å². The van der Waals surface area contributed by atoms with Crippen molar-refractivity contribution in [3.63, 3.8) is 0 Å². The van der Waals surface area contributed by atoms with Crippen LogP contribution >= 0.6 is 22.7 Å². The summed E-state index contributed by atoms with van der Waals surface area (Å²) in [6.45, 7) is 5.10. The van der Waals surface area contributed by atoms with Crippen molar-refractivity contribution >= 4 is 41.0 Å². The molecule has 214 valence electrons. The molecule has 1 aliphatic rings. The van der Waals surface area contributed by atoms with Crippen molar-refractivity contribution < 1.29 is 28.6 Å². The van der Waals surface area contributed by atoms with Crippen LogP contribution in [0.15, 0.2) is 53.2 Å². The largest absolute Gasteiger partial charge is 0.466 e. The predicted octanol–water partition coefficient (Wildman–Crippen LogP) is 5.62. The lowest BCUT2D eigenvalue weighted by molar-refractivity contribution is -0.143. The minimum absolute atomic E-state index is 0.0853. The standard InChI is InChI=1S/C29H35N3O6S2/c1-3-5-12-29(19-33,32(17-22-8-6-13-39-22)18-23-9-7-14-40-23)31-28(35)30-24(16-27(34)36-4-2)21-10-11-25-26(15-21)38-20-37-25/h6-11,13-15,19,24H,3-5,12,16-18,20H2,1-2H3,(H2,30,31,35)/t24-,29-/m1/s1. The highest BCUT2D eigenvalue weighted by atomic mass is 32.1. The van der Waals surface area contributed by atoms with E-state index < -0.39 is 23.7 Å². The van der Waals surface area contributed by atoms with E-state index in [9.17, 15) is 14.4 Å². The number of aldehydes is 1. The molecule has 2 amide bonds. The minimum Gasteiger partial charge on any atom is -0.466 e. The quantitative estimate of drug-likeness (QED) is 0.135. The third-order valence-corrected chi connectivity index (χ3v) is 8.36. The molecule has 0 saturated carbocycles. The Morgan fingerprint density at radius 1 is 1.07 bits per heavy atom. The van der Waals surface area contributed by atoms with Crippen molar-refractivity contribution in [2.45, 2.75) is 64.3 Å². The molecule has 0 aliphatic carbocycles. The van der Waals surface area contributed by atoms with Gasteiger partial charge in [-0.25, -0.2) is 4.79 Å². The molecule has 3 heterocycles. The highest BCUT2D eigenvalue weighted by molar-refractivity contribution is 7.10. The maximum Gasteiger partial charge on any atom is 0.317 e. The molecule has 0 spiro atoms. The summed E-state index contributed by atoms with van der Waals surface area (Å²) in [4.78, 5) is 43.2. The number of hydrogen-bond donors (Lipinski definition) is 2. The molecule has 3 aromatic rings. The fourth-order valence-corrected chi connectivity index (χ4v) is 6.03. The Bertz CT molecular complexity index is 1210. The number of carbonyl (C=O) groups is 3. The zero-order chi connectivity index (χ0) is 28.4. The van der Waals surface area contributed by atoms with Crippen molar-refractivity contribution in [3.8, 4) is 11.5 Å². The Balaban J connectivity index is 1.60. The van der Waals surface area contributed by atoms with Gasteiger partial charge >= 0.3 is 12.0 Å². The van der Waals surface area contributed by atoms with Gasteiger partial charge in [0.2, 0.25) is 6.79 Å². The number of fused-ring (bicyclic) bond motifs is 1. The summed E-state index contributed by atoms with van der Waals surface area (Å²) in [6, 6.07) is 12.0. The molecule has 1 aromatic carbocycles. The first-order valence-electron chi connectivity index (χ1n) is 13.4. The van der Waals surface area contributed by atoms with Crippen LogP contribution in [0.25, 0.3) is 0 Å². The van der Waals surface area contributed by atoms with E-state index in [0.717, 1.165) is 28.9 Å². The van der Waals surface area contributed by atoms with Crippen molar-refractivity contribution in [1.29, 1.82) is 0 Å². The second kappa shape index (κ2) is 14.3. The molecule has 0 saturated heterocycles. The van der Waals surface area contributed by atoms with E-state index in [2.05, 4.69) is 10.6 Å². The van der Waals surface area contributed by atoms with E-state index in [-0.39, 0.29) is 19.8 Å². The first-order chi connectivity index (χ1) is 19.5. The molecule has 0 bridgehead atoms. The SMILES string of the molecule is CCCC[C@@](C=O)(NC(=O)N[C@H](CC(=O)OCC)c1ccc2c(c1)OCO2)N(Cc1cccs1)Cc1cccs1. The molecule has 0 fully saturated rings. The topological polar surface area (TPSA) is 106 Å². The summed E-state index contributed by atoms with van der Waals surface area (Å²) in [5, 5.41) is 9.93. The molecule has 2 N–H and O–H groups in total. The normalized spacial score (nSPS) is 14.4. The average molecular weight is 586 g/mol. The third-order valence-electron chi connectivity index (χ3n) is 6.63. The summed E-state index contributed by atoms with van der Waals surface area (Å²) in [5.74, 6) is 0.687. The number of thiophene rings is 2. The van der Waals surface area contributed by atoms with Gasteiger partial charge in [0.05, 0.1) is 19.1 Å². The van der Waals surface area contributed by atoms with Crippen molar-refractivity contribution in [3.05, 3.63) is 68.5 Å². The van der Waals surface area contributed by atoms with E-state index in [0.29, 0.717) is 36.6 Å². The molecule has 1 aliphatic heterocycles. The Kier molecular flexibility index (Phi) is 10.6. The molecule has 9 nitrogen and oxygen atoms in total. The van der Waals surface area contributed by atoms with Gasteiger partial charge in [0.25, 0.3) is 0 Å². The Labute approximate surface area is 242 Å². The molecule has 4 rings (SSSR count). The van der Waals surface area contributed by atoms with E-state index in [1.165, 1.54) is 0 Å². The fraction of sp³-hybridized carbons (Fsp3) is 0.414. The highest BCUT2D eigenvalue weighted by Crippen LogP contribution is 2.35. The molecule has 11 heteroatoms. The molecule has 0 radical (unpaired) electrons. The Hall–Kier alpha value is -3.41. The zero-order valence-corrected chi connectivity index (χ0v) is 24.4. The van der Waals surface area contributed by atoms with Crippen molar-refractivity contribution in [1.82, 2.24) is 15.5 Å². The monoisotopic (exact) mass is 585 g/mol. The van der Waals surface area contributed by atoms with Gasteiger partial charge in [-0.2, -0.15) is 0 Å². The van der Waals surface area contributed by atoms with Gasteiger partial charge in [-0.05, 0) is 60.4 Å². The minimum atomic E-state index is -1.27. The number of ether oxygens (including phenoxy) is 3. The van der Waals surface area contributed by atoms with Crippen LogP contribution in [-0.4, -0.2) is 42.2 Å². The molecular weight excluding hydrogens is 550 g/mol. The van der Waals surface area contributed by atoms with Crippen LogP contribution in [0.1, 0.15) is 60.9 Å². The third kappa shape index (κ3) is 7.61.